The minimum absolute atomic E-state index is 0.237. The number of hydrogen-bond donors (Lipinski definition) is 2. The van der Waals surface area contributed by atoms with Gasteiger partial charge in [-0.1, -0.05) is 20.8 Å². The molecule has 0 aliphatic carbocycles. The number of aromatic nitrogens is 2. The third-order valence-corrected chi connectivity index (χ3v) is 2.55. The molecule has 5 heteroatoms. The molecule has 5 nitrogen and oxygen atoms in total. The predicted octanol–water partition coefficient (Wildman–Crippen LogP) is 1.60. The molecule has 0 radical (unpaired) electrons. The summed E-state index contributed by atoms with van der Waals surface area (Å²) >= 11 is 0. The highest BCUT2D eigenvalue weighted by molar-refractivity contribution is 5.93. The fourth-order valence-corrected chi connectivity index (χ4v) is 1.67. The fraction of sp³-hybridized carbons (Fsp3) is 0.333. The summed E-state index contributed by atoms with van der Waals surface area (Å²) in [6, 6.07) is 4.98. The summed E-state index contributed by atoms with van der Waals surface area (Å²) in [5.74, 6) is -0.237. The van der Waals surface area contributed by atoms with Crippen LogP contribution in [0.25, 0.3) is 11.0 Å². The lowest BCUT2D eigenvalue weighted by Crippen LogP contribution is -2.33. The molecule has 2 aromatic rings. The van der Waals surface area contributed by atoms with Gasteiger partial charge in [0.1, 0.15) is 0 Å². The molecule has 0 aliphatic heterocycles. The quantitative estimate of drug-likeness (QED) is 0.678. The average Bonchev–Trinajstić information content (AvgIpc) is 2.50. The van der Waals surface area contributed by atoms with Crippen LogP contribution >= 0.6 is 0 Å². The maximum absolute atomic E-state index is 12.2. The first kappa shape index (κ1) is 11.4. The summed E-state index contributed by atoms with van der Waals surface area (Å²) in [6.07, 6.45) is 0. The first-order valence-electron chi connectivity index (χ1n) is 5.36. The van der Waals surface area contributed by atoms with Gasteiger partial charge in [0.15, 0.2) is 0 Å². The zero-order valence-electron chi connectivity index (χ0n) is 10.1. The van der Waals surface area contributed by atoms with E-state index in [1.165, 1.54) is 0 Å². The van der Waals surface area contributed by atoms with E-state index < -0.39 is 11.1 Å². The van der Waals surface area contributed by atoms with E-state index in [0.717, 1.165) is 4.57 Å². The zero-order chi connectivity index (χ0) is 12.8. The Balaban J connectivity index is 2.74. The summed E-state index contributed by atoms with van der Waals surface area (Å²) in [5.41, 5.74) is 6.28. The molecule has 90 valence electrons. The summed E-state index contributed by atoms with van der Waals surface area (Å²) in [5, 5.41) is 0. The van der Waals surface area contributed by atoms with Crippen molar-refractivity contribution < 1.29 is 4.79 Å². The third-order valence-electron chi connectivity index (χ3n) is 2.55. The number of anilines is 1. The van der Waals surface area contributed by atoms with Crippen molar-refractivity contribution in [3.63, 3.8) is 0 Å². The van der Waals surface area contributed by atoms with Crippen molar-refractivity contribution in [3.05, 3.63) is 28.7 Å². The highest BCUT2D eigenvalue weighted by atomic mass is 16.2. The van der Waals surface area contributed by atoms with Crippen molar-refractivity contribution in [1.82, 2.24) is 9.55 Å². The summed E-state index contributed by atoms with van der Waals surface area (Å²) < 4.78 is 1.16. The minimum atomic E-state index is -0.611. The van der Waals surface area contributed by atoms with E-state index in [4.69, 9.17) is 5.73 Å². The van der Waals surface area contributed by atoms with Crippen molar-refractivity contribution in [3.8, 4) is 0 Å². The second-order valence-electron chi connectivity index (χ2n) is 5.10. The maximum Gasteiger partial charge on any atom is 0.333 e. The van der Waals surface area contributed by atoms with Crippen molar-refractivity contribution in [2.24, 2.45) is 5.41 Å². The van der Waals surface area contributed by atoms with Crippen LogP contribution in [0.2, 0.25) is 0 Å². The molecule has 3 N–H and O–H groups in total. The normalized spacial score (nSPS) is 11.9. The Morgan fingerprint density at radius 2 is 2.00 bits per heavy atom. The largest absolute Gasteiger partial charge is 0.399 e. The number of nitrogens with two attached hydrogens (primary N) is 1. The van der Waals surface area contributed by atoms with E-state index in [2.05, 4.69) is 4.98 Å². The van der Waals surface area contributed by atoms with Gasteiger partial charge in [0.25, 0.3) is 0 Å². The molecular formula is C12H15N3O2. The van der Waals surface area contributed by atoms with Crippen LogP contribution in [0.1, 0.15) is 25.6 Å². The van der Waals surface area contributed by atoms with Gasteiger partial charge in [0.2, 0.25) is 5.91 Å². The van der Waals surface area contributed by atoms with Crippen LogP contribution < -0.4 is 11.4 Å². The van der Waals surface area contributed by atoms with Crippen LogP contribution in [0.5, 0.6) is 0 Å². The number of aromatic amines is 1. The number of nitrogens with one attached hydrogen (secondary N) is 1. The van der Waals surface area contributed by atoms with Crippen LogP contribution in [-0.4, -0.2) is 15.5 Å². The Bertz CT molecular complexity index is 644. The first-order chi connectivity index (χ1) is 7.80. The Labute approximate surface area is 98.2 Å². The van der Waals surface area contributed by atoms with Gasteiger partial charge >= 0.3 is 5.69 Å². The number of nitrogen functional groups attached to an aromatic ring is 1. The molecule has 0 aliphatic rings. The highest BCUT2D eigenvalue weighted by Crippen LogP contribution is 2.20. The second-order valence-corrected chi connectivity index (χ2v) is 5.10. The molecular weight excluding hydrogens is 218 g/mol. The number of fused-ring (bicyclic) bond motifs is 1. The Morgan fingerprint density at radius 1 is 1.35 bits per heavy atom. The number of rotatable bonds is 0. The van der Waals surface area contributed by atoms with Gasteiger partial charge in [-0.05, 0) is 18.2 Å². The maximum atomic E-state index is 12.2. The van der Waals surface area contributed by atoms with Crippen molar-refractivity contribution in [2.75, 3.05) is 5.73 Å². The number of benzene rings is 1. The van der Waals surface area contributed by atoms with Crippen LogP contribution in [0.4, 0.5) is 5.69 Å². The molecule has 0 bridgehead atoms. The Morgan fingerprint density at radius 3 is 2.59 bits per heavy atom. The van der Waals surface area contributed by atoms with Crippen molar-refractivity contribution in [1.29, 1.82) is 0 Å². The van der Waals surface area contributed by atoms with Gasteiger partial charge < -0.3 is 10.7 Å². The standard InChI is InChI=1S/C12H15N3O2/c1-12(2,3)10(16)15-9-5-4-7(13)6-8(9)14-11(15)17/h4-6H,13H2,1-3H3,(H,14,17). The van der Waals surface area contributed by atoms with Gasteiger partial charge in [-0.25, -0.2) is 9.36 Å². The monoisotopic (exact) mass is 233 g/mol. The average molecular weight is 233 g/mol. The predicted molar refractivity (Wildman–Crippen MR) is 67.1 cm³/mol. The molecule has 0 fully saturated rings. The minimum Gasteiger partial charge on any atom is -0.399 e. The highest BCUT2D eigenvalue weighted by Gasteiger charge is 2.26. The van der Waals surface area contributed by atoms with E-state index in [-0.39, 0.29) is 5.91 Å². The van der Waals surface area contributed by atoms with Gasteiger partial charge in [0.05, 0.1) is 11.0 Å². The number of H-pyrrole nitrogens is 1. The lowest BCUT2D eigenvalue weighted by atomic mass is 9.95. The van der Waals surface area contributed by atoms with E-state index >= 15 is 0 Å². The first-order valence-corrected chi connectivity index (χ1v) is 5.36. The molecule has 0 amide bonds. The molecule has 0 unspecified atom stereocenters. The van der Waals surface area contributed by atoms with Crippen molar-refractivity contribution >= 4 is 22.6 Å². The van der Waals surface area contributed by atoms with Gasteiger partial charge in [0, 0.05) is 11.1 Å². The van der Waals surface area contributed by atoms with E-state index in [1.54, 1.807) is 39.0 Å². The molecule has 1 aromatic carbocycles. The second kappa shape index (κ2) is 3.48. The lowest BCUT2D eigenvalue weighted by Gasteiger charge is -2.16. The molecule has 0 saturated carbocycles. The molecule has 0 saturated heterocycles. The third kappa shape index (κ3) is 1.84. The SMILES string of the molecule is CC(C)(C)C(=O)n1c(=O)[nH]c2cc(N)ccc21. The van der Waals surface area contributed by atoms with Gasteiger partial charge in [-0.2, -0.15) is 0 Å². The molecule has 17 heavy (non-hydrogen) atoms. The molecule has 0 atom stereocenters. The van der Waals surface area contributed by atoms with E-state index in [0.29, 0.717) is 16.7 Å². The van der Waals surface area contributed by atoms with E-state index in [1.807, 2.05) is 0 Å². The molecule has 1 aromatic heterocycles. The fourth-order valence-electron chi connectivity index (χ4n) is 1.67. The lowest BCUT2D eigenvalue weighted by molar-refractivity contribution is 0.0768. The van der Waals surface area contributed by atoms with E-state index in [9.17, 15) is 9.59 Å². The molecule has 0 spiro atoms. The van der Waals surface area contributed by atoms with Crippen LogP contribution in [0.15, 0.2) is 23.0 Å². The van der Waals surface area contributed by atoms with Crippen LogP contribution in [0, 0.1) is 5.41 Å². The Hall–Kier alpha value is -2.04. The van der Waals surface area contributed by atoms with Crippen molar-refractivity contribution in [2.45, 2.75) is 20.8 Å². The van der Waals surface area contributed by atoms with Gasteiger partial charge in [-0.15, -0.1) is 0 Å². The number of imidazole rings is 1. The number of carbonyl (C=O) groups excluding carboxylic acids is 1. The van der Waals surface area contributed by atoms with Gasteiger partial charge in [-0.3, -0.25) is 4.79 Å². The number of nitrogens with zero attached hydrogens (tertiary/aromatic N) is 1. The van der Waals surface area contributed by atoms with Crippen LogP contribution in [0.3, 0.4) is 0 Å². The number of carbonyl (C=O) groups is 1. The molecule has 2 rings (SSSR count). The summed E-state index contributed by atoms with van der Waals surface area (Å²) in [7, 11) is 0. The summed E-state index contributed by atoms with van der Waals surface area (Å²) in [4.78, 5) is 26.6. The Kier molecular flexibility index (Phi) is 2.34. The molecule has 1 heterocycles. The topological polar surface area (TPSA) is 80.9 Å². The summed E-state index contributed by atoms with van der Waals surface area (Å²) in [6.45, 7) is 5.33. The smallest absolute Gasteiger partial charge is 0.333 e. The zero-order valence-corrected chi connectivity index (χ0v) is 10.1. The van der Waals surface area contributed by atoms with Crippen LogP contribution in [-0.2, 0) is 0 Å². The number of hydrogen-bond acceptors (Lipinski definition) is 3.